The molecule has 0 atom stereocenters. The maximum Gasteiger partial charge on any atom is 0.148 e. The number of rotatable bonds is 5. The van der Waals surface area contributed by atoms with Crippen molar-refractivity contribution in [1.29, 1.82) is 0 Å². The van der Waals surface area contributed by atoms with E-state index in [1.54, 1.807) is 7.11 Å². The van der Waals surface area contributed by atoms with Crippen LogP contribution in [0.3, 0.4) is 0 Å². The molecule has 14 heavy (non-hydrogen) atoms. The molecule has 6 heteroatoms. The Morgan fingerprint density at radius 3 is 3.07 bits per heavy atom. The van der Waals surface area contributed by atoms with Crippen LogP contribution in [0, 0.1) is 0 Å². The first-order valence-electron chi connectivity index (χ1n) is 4.14. The molecule has 0 aromatic carbocycles. The van der Waals surface area contributed by atoms with Gasteiger partial charge in [0.25, 0.3) is 0 Å². The third-order valence-electron chi connectivity index (χ3n) is 1.56. The minimum atomic E-state index is 0.411. The molecule has 78 valence electrons. The van der Waals surface area contributed by atoms with Crippen molar-refractivity contribution in [3.05, 3.63) is 16.0 Å². The number of hydrogen-bond donors (Lipinski definition) is 1. The van der Waals surface area contributed by atoms with Crippen LogP contribution in [0.1, 0.15) is 6.42 Å². The van der Waals surface area contributed by atoms with E-state index in [4.69, 9.17) is 16.3 Å². The van der Waals surface area contributed by atoms with Gasteiger partial charge in [0, 0.05) is 20.3 Å². The predicted molar refractivity (Wildman–Crippen MR) is 59.7 cm³/mol. The van der Waals surface area contributed by atoms with E-state index in [-0.39, 0.29) is 0 Å². The smallest absolute Gasteiger partial charge is 0.148 e. The van der Waals surface area contributed by atoms with Gasteiger partial charge in [-0.2, -0.15) is 0 Å². The summed E-state index contributed by atoms with van der Waals surface area (Å²) >= 11 is 9.09. The van der Waals surface area contributed by atoms with Crippen LogP contribution in [0.4, 0.5) is 5.82 Å². The highest BCUT2D eigenvalue weighted by atomic mass is 79.9. The highest BCUT2D eigenvalue weighted by molar-refractivity contribution is 9.10. The second-order valence-corrected chi connectivity index (χ2v) is 3.75. The summed E-state index contributed by atoms with van der Waals surface area (Å²) in [5, 5.41) is 3.54. The van der Waals surface area contributed by atoms with Gasteiger partial charge in [-0.05, 0) is 22.4 Å². The summed E-state index contributed by atoms with van der Waals surface area (Å²) in [6.07, 6.45) is 2.34. The van der Waals surface area contributed by atoms with Crippen LogP contribution >= 0.6 is 27.5 Å². The molecular weight excluding hydrogens is 269 g/mol. The number of methoxy groups -OCH3 is 1. The first kappa shape index (κ1) is 11.7. The highest BCUT2D eigenvalue weighted by Gasteiger charge is 2.04. The van der Waals surface area contributed by atoms with E-state index in [0.29, 0.717) is 15.4 Å². The lowest BCUT2D eigenvalue weighted by molar-refractivity contribution is 0.197. The first-order valence-corrected chi connectivity index (χ1v) is 5.31. The zero-order valence-electron chi connectivity index (χ0n) is 7.76. The molecule has 0 bridgehead atoms. The van der Waals surface area contributed by atoms with E-state index in [0.717, 1.165) is 19.6 Å². The van der Waals surface area contributed by atoms with Crippen LogP contribution in [0.25, 0.3) is 0 Å². The zero-order valence-corrected chi connectivity index (χ0v) is 10.1. The quantitative estimate of drug-likeness (QED) is 0.664. The van der Waals surface area contributed by atoms with E-state index in [1.165, 1.54) is 6.33 Å². The summed E-state index contributed by atoms with van der Waals surface area (Å²) < 4.78 is 5.62. The van der Waals surface area contributed by atoms with E-state index >= 15 is 0 Å². The maximum atomic E-state index is 5.79. The molecule has 0 amide bonds. The van der Waals surface area contributed by atoms with Crippen molar-refractivity contribution >= 4 is 33.3 Å². The zero-order chi connectivity index (χ0) is 10.4. The Labute approximate surface area is 96.2 Å². The van der Waals surface area contributed by atoms with Crippen LogP contribution < -0.4 is 5.32 Å². The SMILES string of the molecule is COCCCNc1ncnc(Cl)c1Br. The molecule has 0 aliphatic heterocycles. The number of ether oxygens (including phenoxy) is 1. The van der Waals surface area contributed by atoms with Crippen molar-refractivity contribution in [3.8, 4) is 0 Å². The average molecular weight is 281 g/mol. The van der Waals surface area contributed by atoms with E-state index < -0.39 is 0 Å². The molecule has 0 fully saturated rings. The van der Waals surface area contributed by atoms with Gasteiger partial charge in [-0.25, -0.2) is 9.97 Å². The van der Waals surface area contributed by atoms with Gasteiger partial charge < -0.3 is 10.1 Å². The number of hydrogen-bond acceptors (Lipinski definition) is 4. The van der Waals surface area contributed by atoms with Crippen LogP contribution in [0.2, 0.25) is 5.15 Å². The topological polar surface area (TPSA) is 47.0 Å². The van der Waals surface area contributed by atoms with E-state index in [9.17, 15) is 0 Å². The summed E-state index contributed by atoms with van der Waals surface area (Å²) in [7, 11) is 1.68. The van der Waals surface area contributed by atoms with Gasteiger partial charge in [0.2, 0.25) is 0 Å². The predicted octanol–water partition coefficient (Wildman–Crippen LogP) is 2.34. The number of anilines is 1. The average Bonchev–Trinajstić information content (AvgIpc) is 2.19. The standard InChI is InChI=1S/C8H11BrClN3O/c1-14-4-2-3-11-8-6(9)7(10)12-5-13-8/h5H,2-4H2,1H3,(H,11,12,13). The molecule has 1 aromatic rings. The second kappa shape index (κ2) is 6.16. The molecule has 0 aliphatic carbocycles. The van der Waals surface area contributed by atoms with Gasteiger partial charge >= 0.3 is 0 Å². The largest absolute Gasteiger partial charge is 0.385 e. The molecule has 1 N–H and O–H groups in total. The number of nitrogens with one attached hydrogen (secondary N) is 1. The number of nitrogens with zero attached hydrogens (tertiary/aromatic N) is 2. The van der Waals surface area contributed by atoms with Crippen molar-refractivity contribution in [3.63, 3.8) is 0 Å². The van der Waals surface area contributed by atoms with Gasteiger partial charge in [0.1, 0.15) is 17.3 Å². The molecular formula is C8H11BrClN3O. The Morgan fingerprint density at radius 2 is 2.36 bits per heavy atom. The molecule has 0 aliphatic rings. The van der Waals surface area contributed by atoms with Gasteiger partial charge in [-0.15, -0.1) is 0 Å². The molecule has 0 unspecified atom stereocenters. The Hall–Kier alpha value is -0.390. The monoisotopic (exact) mass is 279 g/mol. The number of halogens is 2. The highest BCUT2D eigenvalue weighted by Crippen LogP contribution is 2.25. The summed E-state index contributed by atoms with van der Waals surface area (Å²) in [5.74, 6) is 0.709. The Balaban J connectivity index is 2.46. The Bertz CT molecular complexity index is 298. The summed E-state index contributed by atoms with van der Waals surface area (Å²) in [6.45, 7) is 1.52. The van der Waals surface area contributed by atoms with Gasteiger partial charge in [0.05, 0.1) is 4.47 Å². The molecule has 1 heterocycles. The Morgan fingerprint density at radius 1 is 1.57 bits per heavy atom. The van der Waals surface area contributed by atoms with Crippen molar-refractivity contribution in [2.75, 3.05) is 25.6 Å². The van der Waals surface area contributed by atoms with Crippen LogP contribution in [-0.4, -0.2) is 30.2 Å². The van der Waals surface area contributed by atoms with Crippen molar-refractivity contribution in [2.45, 2.75) is 6.42 Å². The lowest BCUT2D eigenvalue weighted by atomic mass is 10.4. The summed E-state index contributed by atoms with van der Waals surface area (Å²) in [5.41, 5.74) is 0. The van der Waals surface area contributed by atoms with Crippen molar-refractivity contribution in [2.24, 2.45) is 0 Å². The first-order chi connectivity index (χ1) is 6.75. The van der Waals surface area contributed by atoms with Crippen molar-refractivity contribution < 1.29 is 4.74 Å². The fourth-order valence-corrected chi connectivity index (χ4v) is 1.37. The summed E-state index contributed by atoms with van der Waals surface area (Å²) in [6, 6.07) is 0. The lowest BCUT2D eigenvalue weighted by Crippen LogP contribution is -2.06. The van der Waals surface area contributed by atoms with Gasteiger partial charge in [-0.1, -0.05) is 11.6 Å². The molecule has 0 saturated heterocycles. The molecule has 1 rings (SSSR count). The van der Waals surface area contributed by atoms with E-state index in [1.807, 2.05) is 0 Å². The molecule has 0 spiro atoms. The van der Waals surface area contributed by atoms with E-state index in [2.05, 4.69) is 31.2 Å². The fourth-order valence-electron chi connectivity index (χ4n) is 0.895. The van der Waals surface area contributed by atoms with Crippen LogP contribution in [0.5, 0.6) is 0 Å². The van der Waals surface area contributed by atoms with Crippen LogP contribution in [0.15, 0.2) is 10.8 Å². The minimum Gasteiger partial charge on any atom is -0.385 e. The van der Waals surface area contributed by atoms with Crippen molar-refractivity contribution in [1.82, 2.24) is 9.97 Å². The molecule has 0 saturated carbocycles. The molecule has 1 aromatic heterocycles. The third kappa shape index (κ3) is 3.40. The third-order valence-corrected chi connectivity index (χ3v) is 2.83. The maximum absolute atomic E-state index is 5.79. The fraction of sp³-hybridized carbons (Fsp3) is 0.500. The minimum absolute atomic E-state index is 0.411. The summed E-state index contributed by atoms with van der Waals surface area (Å²) in [4.78, 5) is 7.87. The van der Waals surface area contributed by atoms with Crippen LogP contribution in [-0.2, 0) is 4.74 Å². The number of aromatic nitrogens is 2. The molecule has 4 nitrogen and oxygen atoms in total. The molecule has 0 radical (unpaired) electrons. The van der Waals surface area contributed by atoms with Gasteiger partial charge in [-0.3, -0.25) is 0 Å². The second-order valence-electron chi connectivity index (χ2n) is 2.60. The lowest BCUT2D eigenvalue weighted by Gasteiger charge is -2.06. The normalized spacial score (nSPS) is 10.2. The Kier molecular flexibility index (Phi) is 5.14. The van der Waals surface area contributed by atoms with Gasteiger partial charge in [0.15, 0.2) is 0 Å².